The van der Waals surface area contributed by atoms with Crippen LogP contribution in [-0.4, -0.2) is 44.0 Å². The molecule has 9 nitrogen and oxygen atoms in total. The van der Waals surface area contributed by atoms with Crippen LogP contribution < -0.4 is 11.2 Å². The van der Waals surface area contributed by atoms with Gasteiger partial charge in [0.25, 0.3) is 11.2 Å². The van der Waals surface area contributed by atoms with Gasteiger partial charge in [-0.2, -0.15) is 0 Å². The molecule has 1 aliphatic rings. The van der Waals surface area contributed by atoms with Crippen molar-refractivity contribution in [3.8, 4) is 0 Å². The highest BCUT2D eigenvalue weighted by Crippen LogP contribution is 2.31. The van der Waals surface area contributed by atoms with Gasteiger partial charge >= 0.3 is 5.69 Å². The van der Waals surface area contributed by atoms with Crippen LogP contribution >= 0.6 is 0 Å². The summed E-state index contributed by atoms with van der Waals surface area (Å²) in [5, 5.41) is 12.5. The van der Waals surface area contributed by atoms with Gasteiger partial charge in [-0.25, -0.2) is 4.79 Å². The number of non-ortho nitro benzene ring substituents is 1. The zero-order valence-electron chi connectivity index (χ0n) is 17.9. The average Bonchev–Trinajstić information content (AvgIpc) is 3.25. The van der Waals surface area contributed by atoms with E-state index in [1.165, 1.54) is 16.2 Å². The highest BCUT2D eigenvalue weighted by Gasteiger charge is 2.17. The minimum atomic E-state index is -0.382. The Balaban J connectivity index is 1.26. The van der Waals surface area contributed by atoms with Crippen molar-refractivity contribution in [1.29, 1.82) is 0 Å². The number of nitro benzene ring substituents is 1. The first-order chi connectivity index (χ1) is 16.0. The fourth-order valence-corrected chi connectivity index (χ4v) is 4.50. The Bertz CT molecular complexity index is 1510. The molecule has 3 heterocycles. The smallest absolute Gasteiger partial charge is 0.328 e. The first-order valence-corrected chi connectivity index (χ1v) is 10.9. The van der Waals surface area contributed by atoms with Gasteiger partial charge < -0.3 is 9.97 Å². The third-order valence-electron chi connectivity index (χ3n) is 6.26. The largest absolute Gasteiger partial charge is 0.361 e. The zero-order valence-corrected chi connectivity index (χ0v) is 17.9. The molecule has 2 aromatic carbocycles. The van der Waals surface area contributed by atoms with Gasteiger partial charge in [-0.05, 0) is 36.6 Å². The summed E-state index contributed by atoms with van der Waals surface area (Å²) >= 11 is 0. The number of fused-ring (bicyclic) bond motifs is 2. The summed E-state index contributed by atoms with van der Waals surface area (Å²) in [6, 6.07) is 11.9. The molecule has 9 heteroatoms. The molecule has 2 N–H and O–H groups in total. The molecule has 168 valence electrons. The summed E-state index contributed by atoms with van der Waals surface area (Å²) in [6.45, 7) is 2.72. The quantitative estimate of drug-likeness (QED) is 0.349. The maximum atomic E-state index is 12.7. The molecule has 0 saturated carbocycles. The summed E-state index contributed by atoms with van der Waals surface area (Å²) in [7, 11) is 0. The second-order valence-electron chi connectivity index (χ2n) is 8.26. The molecule has 0 bridgehead atoms. The fraction of sp³-hybridized carbons (Fsp3) is 0.250. The number of nitrogens with zero attached hydrogens (tertiary/aromatic N) is 3. The van der Waals surface area contributed by atoms with Gasteiger partial charge in [0.2, 0.25) is 0 Å². The van der Waals surface area contributed by atoms with E-state index in [0.29, 0.717) is 23.9 Å². The molecule has 2 aromatic heterocycles. The Hall–Kier alpha value is -3.98. The van der Waals surface area contributed by atoms with E-state index in [0.717, 1.165) is 42.5 Å². The van der Waals surface area contributed by atoms with Crippen LogP contribution in [0.3, 0.4) is 0 Å². The van der Waals surface area contributed by atoms with Crippen molar-refractivity contribution in [3.63, 3.8) is 0 Å². The van der Waals surface area contributed by atoms with Crippen molar-refractivity contribution in [2.24, 2.45) is 0 Å². The molecule has 0 spiro atoms. The van der Waals surface area contributed by atoms with Gasteiger partial charge in [-0.1, -0.05) is 18.2 Å². The molecule has 0 unspecified atom stereocenters. The maximum absolute atomic E-state index is 12.7. The van der Waals surface area contributed by atoms with Crippen molar-refractivity contribution < 1.29 is 4.92 Å². The van der Waals surface area contributed by atoms with Crippen molar-refractivity contribution in [2.75, 3.05) is 19.6 Å². The van der Waals surface area contributed by atoms with Crippen molar-refractivity contribution in [1.82, 2.24) is 19.4 Å². The number of H-pyrrole nitrogens is 2. The molecule has 0 saturated heterocycles. The van der Waals surface area contributed by atoms with Crippen molar-refractivity contribution >= 4 is 33.1 Å². The number of hydrogen-bond donors (Lipinski definition) is 2. The van der Waals surface area contributed by atoms with Gasteiger partial charge in [0.05, 0.1) is 15.8 Å². The van der Waals surface area contributed by atoms with Gasteiger partial charge in [0, 0.05) is 61.0 Å². The lowest BCUT2D eigenvalue weighted by atomic mass is 9.98. The molecule has 5 rings (SSSR count). The third-order valence-corrected chi connectivity index (χ3v) is 6.26. The van der Waals surface area contributed by atoms with E-state index in [1.54, 1.807) is 36.4 Å². The molecule has 0 amide bonds. The van der Waals surface area contributed by atoms with Crippen LogP contribution in [0.4, 0.5) is 5.69 Å². The summed E-state index contributed by atoms with van der Waals surface area (Å²) < 4.78 is 1.27. The van der Waals surface area contributed by atoms with Crippen LogP contribution in [0.5, 0.6) is 0 Å². The van der Waals surface area contributed by atoms with E-state index in [4.69, 9.17) is 0 Å². The second-order valence-corrected chi connectivity index (χ2v) is 8.26. The number of rotatable bonds is 6. The third kappa shape index (κ3) is 3.98. The minimum absolute atomic E-state index is 0.0836. The Labute approximate surface area is 188 Å². The fourth-order valence-electron chi connectivity index (χ4n) is 4.50. The molecule has 0 atom stereocenters. The molecular formula is C24H23N5O4. The van der Waals surface area contributed by atoms with Gasteiger partial charge in [-0.15, -0.1) is 0 Å². The molecule has 0 radical (unpaired) electrons. The van der Waals surface area contributed by atoms with E-state index in [-0.39, 0.29) is 21.9 Å². The van der Waals surface area contributed by atoms with E-state index in [1.807, 2.05) is 6.20 Å². The Morgan fingerprint density at radius 2 is 1.88 bits per heavy atom. The molecule has 33 heavy (non-hydrogen) atoms. The normalized spacial score (nSPS) is 14.6. The number of para-hydroxylation sites is 1. The van der Waals surface area contributed by atoms with E-state index in [2.05, 4.69) is 20.9 Å². The number of aromatic amines is 2. The summed E-state index contributed by atoms with van der Waals surface area (Å²) in [6.07, 6.45) is 5.57. The van der Waals surface area contributed by atoms with Crippen LogP contribution in [-0.2, 0) is 6.54 Å². The standard InChI is InChI=1S/C24H23N5O4/c30-23-18-4-1-2-5-22(18)26-24(31)28(23)11-3-10-27-12-8-16(9-13-27)20-15-25-21-7-6-17(29(32)33)14-19(20)21/h1-2,4-8,14-15,25H,3,9-13H2,(H,26,31). The van der Waals surface area contributed by atoms with Gasteiger partial charge in [0.15, 0.2) is 0 Å². The lowest BCUT2D eigenvalue weighted by Crippen LogP contribution is -2.36. The van der Waals surface area contributed by atoms with Crippen LogP contribution in [0.15, 0.2) is 64.3 Å². The molecule has 0 fully saturated rings. The second kappa shape index (κ2) is 8.51. The van der Waals surface area contributed by atoms with Gasteiger partial charge in [-0.3, -0.25) is 24.4 Å². The van der Waals surface area contributed by atoms with Crippen LogP contribution in [0.25, 0.3) is 27.4 Å². The Morgan fingerprint density at radius 3 is 2.67 bits per heavy atom. The summed E-state index contributed by atoms with van der Waals surface area (Å²) in [5.74, 6) is 0. The Morgan fingerprint density at radius 1 is 1.03 bits per heavy atom. The van der Waals surface area contributed by atoms with E-state index < -0.39 is 0 Å². The number of aromatic nitrogens is 3. The molecule has 0 aliphatic carbocycles. The van der Waals surface area contributed by atoms with Crippen molar-refractivity contribution in [2.45, 2.75) is 19.4 Å². The highest BCUT2D eigenvalue weighted by atomic mass is 16.6. The van der Waals surface area contributed by atoms with Crippen LogP contribution in [0.1, 0.15) is 18.4 Å². The minimum Gasteiger partial charge on any atom is -0.361 e. The lowest BCUT2D eigenvalue weighted by Gasteiger charge is -2.26. The van der Waals surface area contributed by atoms with Gasteiger partial charge in [0.1, 0.15) is 0 Å². The van der Waals surface area contributed by atoms with E-state index >= 15 is 0 Å². The van der Waals surface area contributed by atoms with E-state index in [9.17, 15) is 19.7 Å². The molecular weight excluding hydrogens is 422 g/mol. The van der Waals surface area contributed by atoms with Crippen molar-refractivity contribution in [3.05, 3.63) is 91.3 Å². The van der Waals surface area contributed by atoms with Crippen LogP contribution in [0, 0.1) is 10.1 Å². The summed E-state index contributed by atoms with van der Waals surface area (Å²) in [4.78, 5) is 44.0. The average molecular weight is 445 g/mol. The number of nitrogens with one attached hydrogen (secondary N) is 2. The lowest BCUT2D eigenvalue weighted by molar-refractivity contribution is -0.384. The Kier molecular flexibility index (Phi) is 5.39. The monoisotopic (exact) mass is 445 g/mol. The number of benzene rings is 2. The predicted molar refractivity (Wildman–Crippen MR) is 127 cm³/mol. The SMILES string of the molecule is O=c1[nH]c2ccccc2c(=O)n1CCCN1CC=C(c2c[nH]c3ccc([N+](=O)[O-])cc23)CC1. The topological polar surface area (TPSA) is 117 Å². The maximum Gasteiger partial charge on any atom is 0.328 e. The predicted octanol–water partition coefficient (Wildman–Crippen LogP) is 3.26. The molecule has 1 aliphatic heterocycles. The first kappa shape index (κ1) is 20.9. The number of nitro groups is 1. The molecule has 4 aromatic rings. The summed E-state index contributed by atoms with van der Waals surface area (Å²) in [5.41, 5.74) is 3.05. The highest BCUT2D eigenvalue weighted by molar-refractivity contribution is 5.94. The van der Waals surface area contributed by atoms with Crippen LogP contribution in [0.2, 0.25) is 0 Å². The first-order valence-electron chi connectivity index (χ1n) is 10.9. The zero-order chi connectivity index (χ0) is 22.9. The number of hydrogen-bond acceptors (Lipinski definition) is 5.